The van der Waals surface area contributed by atoms with Crippen LogP contribution in [-0.4, -0.2) is 28.3 Å². The summed E-state index contributed by atoms with van der Waals surface area (Å²) in [4.78, 5) is 16.0. The maximum absolute atomic E-state index is 11.4. The van der Waals surface area contributed by atoms with Gasteiger partial charge in [0.25, 0.3) is 0 Å². The summed E-state index contributed by atoms with van der Waals surface area (Å²) in [5, 5.41) is 16.0. The van der Waals surface area contributed by atoms with E-state index < -0.39 is 5.97 Å². The molecule has 2 aromatic carbocycles. The standard InChI is InChI=1S/C19H14N4O2S/c1-25-18(24)15-8-9-17(23-22-15)21-19-20-16(11-26-19)14-7-6-12-4-2-3-5-13(12)10-14/h2-11H,1H3,(H,20,21,23). The zero-order valence-corrected chi connectivity index (χ0v) is 14.7. The highest BCUT2D eigenvalue weighted by molar-refractivity contribution is 7.14. The summed E-state index contributed by atoms with van der Waals surface area (Å²) in [5.74, 6) is -0.00560. The van der Waals surface area contributed by atoms with Gasteiger partial charge in [0, 0.05) is 10.9 Å². The molecule has 1 N–H and O–H groups in total. The zero-order chi connectivity index (χ0) is 17.9. The van der Waals surface area contributed by atoms with Gasteiger partial charge in [-0.15, -0.1) is 21.5 Å². The molecule has 0 saturated carbocycles. The van der Waals surface area contributed by atoms with Crippen LogP contribution in [0.1, 0.15) is 10.5 Å². The number of esters is 1. The quantitative estimate of drug-likeness (QED) is 0.546. The molecule has 0 spiro atoms. The number of nitrogens with one attached hydrogen (secondary N) is 1. The molecule has 0 radical (unpaired) electrons. The first kappa shape index (κ1) is 16.2. The number of rotatable bonds is 4. The lowest BCUT2D eigenvalue weighted by atomic mass is 10.1. The molecule has 4 rings (SSSR count). The Labute approximate surface area is 153 Å². The van der Waals surface area contributed by atoms with Crippen LogP contribution in [0, 0.1) is 0 Å². The Morgan fingerprint density at radius 1 is 1.04 bits per heavy atom. The summed E-state index contributed by atoms with van der Waals surface area (Å²) < 4.78 is 4.61. The Kier molecular flexibility index (Phi) is 4.28. The second-order valence-electron chi connectivity index (χ2n) is 5.52. The highest BCUT2D eigenvalue weighted by Gasteiger charge is 2.09. The zero-order valence-electron chi connectivity index (χ0n) is 13.8. The van der Waals surface area contributed by atoms with Crippen molar-refractivity contribution in [2.75, 3.05) is 12.4 Å². The molecule has 0 aliphatic carbocycles. The van der Waals surface area contributed by atoms with Crippen molar-refractivity contribution in [2.45, 2.75) is 0 Å². The minimum atomic E-state index is -0.517. The van der Waals surface area contributed by atoms with Gasteiger partial charge in [-0.25, -0.2) is 9.78 Å². The van der Waals surface area contributed by atoms with Crippen LogP contribution in [0.25, 0.3) is 22.0 Å². The summed E-state index contributed by atoms with van der Waals surface area (Å²) in [7, 11) is 1.31. The fourth-order valence-corrected chi connectivity index (χ4v) is 3.26. The van der Waals surface area contributed by atoms with Crippen LogP contribution in [0.3, 0.4) is 0 Å². The molecule has 6 nitrogen and oxygen atoms in total. The van der Waals surface area contributed by atoms with E-state index in [4.69, 9.17) is 0 Å². The van der Waals surface area contributed by atoms with Crippen molar-refractivity contribution < 1.29 is 9.53 Å². The average Bonchev–Trinajstić information content (AvgIpc) is 3.16. The van der Waals surface area contributed by atoms with Gasteiger partial charge in [-0.1, -0.05) is 36.4 Å². The number of aromatic nitrogens is 3. The third-order valence-corrected chi connectivity index (χ3v) is 4.60. The van der Waals surface area contributed by atoms with Gasteiger partial charge in [-0.05, 0) is 29.0 Å². The molecule has 0 unspecified atom stereocenters. The van der Waals surface area contributed by atoms with Gasteiger partial charge in [0.05, 0.1) is 12.8 Å². The monoisotopic (exact) mass is 362 g/mol. The highest BCUT2D eigenvalue weighted by Crippen LogP contribution is 2.28. The number of fused-ring (bicyclic) bond motifs is 1. The summed E-state index contributed by atoms with van der Waals surface area (Å²) in [6, 6.07) is 17.7. The van der Waals surface area contributed by atoms with Crippen LogP contribution in [0.4, 0.5) is 10.9 Å². The number of thiazole rings is 1. The van der Waals surface area contributed by atoms with E-state index in [0.29, 0.717) is 10.9 Å². The summed E-state index contributed by atoms with van der Waals surface area (Å²) in [5.41, 5.74) is 2.11. The number of anilines is 2. The smallest absolute Gasteiger partial charge is 0.358 e. The van der Waals surface area contributed by atoms with Crippen molar-refractivity contribution >= 4 is 39.0 Å². The number of methoxy groups -OCH3 is 1. The average molecular weight is 362 g/mol. The Hall–Kier alpha value is -3.32. The van der Waals surface area contributed by atoms with Crippen LogP contribution >= 0.6 is 11.3 Å². The van der Waals surface area contributed by atoms with E-state index in [9.17, 15) is 4.79 Å². The Bertz CT molecular complexity index is 1080. The molecular formula is C19H14N4O2S. The maximum Gasteiger partial charge on any atom is 0.358 e. The molecule has 0 atom stereocenters. The SMILES string of the molecule is COC(=O)c1ccc(Nc2nc(-c3ccc4ccccc4c3)cs2)nn1. The summed E-state index contributed by atoms with van der Waals surface area (Å²) in [6.07, 6.45) is 0. The van der Waals surface area contributed by atoms with Crippen molar-refractivity contribution in [3.05, 3.63) is 65.7 Å². The number of carbonyl (C=O) groups is 1. The molecule has 0 aliphatic rings. The van der Waals surface area contributed by atoms with Gasteiger partial charge in [0.2, 0.25) is 0 Å². The first-order chi connectivity index (χ1) is 12.7. The third kappa shape index (κ3) is 3.25. The lowest BCUT2D eigenvalue weighted by Crippen LogP contribution is -2.06. The van der Waals surface area contributed by atoms with E-state index in [1.807, 2.05) is 17.5 Å². The Morgan fingerprint density at radius 2 is 1.88 bits per heavy atom. The molecule has 7 heteroatoms. The van der Waals surface area contributed by atoms with E-state index in [2.05, 4.69) is 55.6 Å². The number of nitrogens with zero attached hydrogens (tertiary/aromatic N) is 3. The van der Waals surface area contributed by atoms with Gasteiger partial charge in [0.1, 0.15) is 0 Å². The van der Waals surface area contributed by atoms with Gasteiger partial charge in [-0.3, -0.25) is 0 Å². The van der Waals surface area contributed by atoms with Crippen LogP contribution in [0.5, 0.6) is 0 Å². The molecule has 0 bridgehead atoms. The number of hydrogen-bond donors (Lipinski definition) is 1. The van der Waals surface area contributed by atoms with Crippen molar-refractivity contribution in [1.29, 1.82) is 0 Å². The van der Waals surface area contributed by atoms with Crippen LogP contribution in [0.15, 0.2) is 60.0 Å². The molecule has 0 amide bonds. The van der Waals surface area contributed by atoms with E-state index in [-0.39, 0.29) is 5.69 Å². The lowest BCUT2D eigenvalue weighted by molar-refractivity contribution is 0.0593. The Balaban J connectivity index is 1.54. The van der Waals surface area contributed by atoms with Gasteiger partial charge in [0.15, 0.2) is 16.6 Å². The minimum absolute atomic E-state index is 0.161. The van der Waals surface area contributed by atoms with Crippen molar-refractivity contribution in [3.63, 3.8) is 0 Å². The highest BCUT2D eigenvalue weighted by atomic mass is 32.1. The third-order valence-electron chi connectivity index (χ3n) is 3.84. The number of hydrogen-bond acceptors (Lipinski definition) is 7. The molecule has 0 aliphatic heterocycles. The molecule has 0 saturated heterocycles. The molecule has 2 heterocycles. The molecule has 128 valence electrons. The van der Waals surface area contributed by atoms with Crippen LogP contribution in [-0.2, 0) is 4.74 Å². The first-order valence-corrected chi connectivity index (χ1v) is 8.75. The van der Waals surface area contributed by atoms with Crippen molar-refractivity contribution in [1.82, 2.24) is 15.2 Å². The van der Waals surface area contributed by atoms with Gasteiger partial charge < -0.3 is 10.1 Å². The normalized spacial score (nSPS) is 10.7. The first-order valence-electron chi connectivity index (χ1n) is 7.87. The molecule has 4 aromatic rings. The van der Waals surface area contributed by atoms with E-state index in [1.165, 1.54) is 29.2 Å². The predicted molar refractivity (Wildman–Crippen MR) is 102 cm³/mol. The minimum Gasteiger partial charge on any atom is -0.464 e. The van der Waals surface area contributed by atoms with E-state index in [1.54, 1.807) is 12.1 Å². The van der Waals surface area contributed by atoms with Gasteiger partial charge >= 0.3 is 5.97 Å². The number of carbonyl (C=O) groups excluding carboxylic acids is 1. The van der Waals surface area contributed by atoms with Crippen LogP contribution in [0.2, 0.25) is 0 Å². The number of benzene rings is 2. The fourth-order valence-electron chi connectivity index (χ4n) is 2.53. The van der Waals surface area contributed by atoms with E-state index >= 15 is 0 Å². The molecular weight excluding hydrogens is 348 g/mol. The van der Waals surface area contributed by atoms with Crippen LogP contribution < -0.4 is 5.32 Å². The van der Waals surface area contributed by atoms with E-state index in [0.717, 1.165) is 11.3 Å². The fraction of sp³-hybridized carbons (Fsp3) is 0.0526. The topological polar surface area (TPSA) is 77.0 Å². The second kappa shape index (κ2) is 6.89. The summed E-state index contributed by atoms with van der Waals surface area (Å²) in [6.45, 7) is 0. The van der Waals surface area contributed by atoms with Crippen molar-refractivity contribution in [3.8, 4) is 11.3 Å². The maximum atomic E-state index is 11.4. The Morgan fingerprint density at radius 3 is 2.65 bits per heavy atom. The number of ether oxygens (including phenoxy) is 1. The lowest BCUT2D eigenvalue weighted by Gasteiger charge is -2.02. The molecule has 26 heavy (non-hydrogen) atoms. The second-order valence-corrected chi connectivity index (χ2v) is 6.38. The predicted octanol–water partition coefficient (Wildman–Crippen LogP) is 4.28. The summed E-state index contributed by atoms with van der Waals surface area (Å²) >= 11 is 1.48. The molecule has 2 aromatic heterocycles. The largest absolute Gasteiger partial charge is 0.464 e. The van der Waals surface area contributed by atoms with Gasteiger partial charge in [-0.2, -0.15) is 0 Å². The van der Waals surface area contributed by atoms with Crippen molar-refractivity contribution in [2.24, 2.45) is 0 Å². The molecule has 0 fully saturated rings.